The average Bonchev–Trinajstić information content (AvgIpc) is 3.41. The van der Waals surface area contributed by atoms with Crippen molar-refractivity contribution < 1.29 is 9.59 Å². The summed E-state index contributed by atoms with van der Waals surface area (Å²) in [6.45, 7) is 1.82. The summed E-state index contributed by atoms with van der Waals surface area (Å²) >= 11 is 2.56. The molecule has 0 fully saturated rings. The Bertz CT molecular complexity index is 1240. The van der Waals surface area contributed by atoms with Crippen LogP contribution in [0.15, 0.2) is 48.7 Å². The zero-order chi connectivity index (χ0) is 19.7. The van der Waals surface area contributed by atoms with E-state index in [-0.39, 0.29) is 0 Å². The number of ketones is 1. The van der Waals surface area contributed by atoms with Gasteiger partial charge in [0.15, 0.2) is 0 Å². The largest absolute Gasteiger partial charge is 0.320 e. The summed E-state index contributed by atoms with van der Waals surface area (Å²) in [6, 6.07) is 14.8. The van der Waals surface area contributed by atoms with E-state index in [0.717, 1.165) is 27.8 Å². The van der Waals surface area contributed by atoms with Gasteiger partial charge in [-0.3, -0.25) is 9.59 Å². The van der Waals surface area contributed by atoms with Crippen LogP contribution in [0.3, 0.4) is 0 Å². The van der Waals surface area contributed by atoms with Gasteiger partial charge in [-0.25, -0.2) is 0 Å². The fourth-order valence-electron chi connectivity index (χ4n) is 2.97. The molecule has 0 saturated carbocycles. The van der Waals surface area contributed by atoms with Crippen LogP contribution in [0.4, 0.5) is 5.00 Å². The fraction of sp³-hybridized carbons (Fsp3) is 0.100. The molecule has 0 unspecified atom stereocenters. The lowest BCUT2D eigenvalue weighted by Gasteiger charge is -2.02. The van der Waals surface area contributed by atoms with Crippen LogP contribution in [0, 0.1) is 18.3 Å². The Balaban J connectivity index is 1.66. The average molecular weight is 406 g/mol. The fourth-order valence-corrected chi connectivity index (χ4v) is 4.44. The van der Waals surface area contributed by atoms with Crippen molar-refractivity contribution in [3.05, 3.63) is 75.4 Å². The van der Waals surface area contributed by atoms with Gasteiger partial charge in [0.1, 0.15) is 15.9 Å². The predicted molar refractivity (Wildman–Crippen MR) is 109 cm³/mol. The number of aryl methyl sites for hydroxylation is 1. The van der Waals surface area contributed by atoms with Gasteiger partial charge in [-0.15, -0.1) is 11.3 Å². The summed E-state index contributed by atoms with van der Waals surface area (Å²) in [4.78, 5) is 26.9. The molecule has 138 valence electrons. The number of amides is 1. The number of nitriles is 1. The van der Waals surface area contributed by atoms with Gasteiger partial charge < -0.3 is 9.72 Å². The zero-order valence-electron chi connectivity index (χ0n) is 14.8. The number of anilines is 1. The second-order valence-corrected chi connectivity index (χ2v) is 8.15. The number of nitrogens with zero attached hydrogens (tertiary/aromatic N) is 3. The summed E-state index contributed by atoms with van der Waals surface area (Å²) in [5, 5.41) is 12.2. The molecule has 0 bridgehead atoms. The molecule has 0 saturated heterocycles. The maximum absolute atomic E-state index is 12.8. The number of carbonyl (C=O) groups is 2. The van der Waals surface area contributed by atoms with Gasteiger partial charge in [-0.2, -0.15) is 9.64 Å². The first kappa shape index (κ1) is 18.1. The minimum absolute atomic E-state index is 0.353. The highest BCUT2D eigenvalue weighted by molar-refractivity contribution is 7.12. The second-order valence-electron chi connectivity index (χ2n) is 6.18. The van der Waals surface area contributed by atoms with Gasteiger partial charge in [0.2, 0.25) is 0 Å². The smallest absolute Gasteiger partial charge is 0.297 e. The van der Waals surface area contributed by atoms with Gasteiger partial charge in [-0.1, -0.05) is 6.07 Å². The molecule has 4 aromatic rings. The number of hydrogen-bond donors (Lipinski definition) is 1. The van der Waals surface area contributed by atoms with Crippen LogP contribution in [0.1, 0.15) is 31.5 Å². The molecule has 8 heteroatoms. The van der Waals surface area contributed by atoms with Crippen LogP contribution in [-0.2, 0) is 11.2 Å². The van der Waals surface area contributed by atoms with Gasteiger partial charge in [0.05, 0.1) is 16.8 Å². The third-order valence-electron chi connectivity index (χ3n) is 4.20. The van der Waals surface area contributed by atoms with Crippen molar-refractivity contribution in [2.24, 2.45) is 0 Å². The van der Waals surface area contributed by atoms with Crippen molar-refractivity contribution in [1.82, 2.24) is 8.77 Å². The third kappa shape index (κ3) is 3.45. The molecule has 4 aromatic heterocycles. The van der Waals surface area contributed by atoms with Crippen LogP contribution >= 0.6 is 22.9 Å². The first-order chi connectivity index (χ1) is 13.5. The number of nitrogens with one attached hydrogen (secondary N) is 1. The maximum Gasteiger partial charge on any atom is 0.297 e. The lowest BCUT2D eigenvalue weighted by atomic mass is 10.1. The maximum atomic E-state index is 12.8. The summed E-state index contributed by atoms with van der Waals surface area (Å²) < 4.78 is 6.01. The van der Waals surface area contributed by atoms with E-state index in [2.05, 4.69) is 15.8 Å². The van der Waals surface area contributed by atoms with Crippen molar-refractivity contribution in [2.45, 2.75) is 13.3 Å². The Morgan fingerprint density at radius 1 is 1.25 bits per heavy atom. The number of fused-ring (bicyclic) bond motifs is 1. The van der Waals surface area contributed by atoms with Crippen LogP contribution in [-0.4, -0.2) is 20.5 Å². The van der Waals surface area contributed by atoms with Crippen molar-refractivity contribution in [3.63, 3.8) is 0 Å². The monoisotopic (exact) mass is 406 g/mol. The highest BCUT2D eigenvalue weighted by atomic mass is 32.1. The summed E-state index contributed by atoms with van der Waals surface area (Å²) in [6.07, 6.45) is 2.44. The van der Waals surface area contributed by atoms with Gasteiger partial charge in [-0.05, 0) is 54.9 Å². The van der Waals surface area contributed by atoms with E-state index in [9.17, 15) is 9.59 Å². The standard InChI is InChI=1S/C20H14N4O2S2/c1-12-8-18(28-23-12)22-20(26)19(25)16-10-13(24-7-3-2-4-17(16)24)9-14-5-6-15(11-21)27-14/h2-8,10H,9H2,1H3,(H,22,26). The van der Waals surface area contributed by atoms with Crippen molar-refractivity contribution in [1.29, 1.82) is 5.26 Å². The molecule has 4 heterocycles. The molecule has 0 aromatic carbocycles. The minimum atomic E-state index is -0.686. The van der Waals surface area contributed by atoms with Crippen LogP contribution < -0.4 is 5.32 Å². The van der Waals surface area contributed by atoms with E-state index in [1.54, 1.807) is 18.2 Å². The van der Waals surface area contributed by atoms with Crippen LogP contribution in [0.5, 0.6) is 0 Å². The van der Waals surface area contributed by atoms with Gasteiger partial charge in [0.25, 0.3) is 11.7 Å². The molecule has 6 nitrogen and oxygen atoms in total. The number of hydrogen-bond acceptors (Lipinski definition) is 6. The number of rotatable bonds is 5. The quantitative estimate of drug-likeness (QED) is 0.400. The molecule has 4 rings (SSSR count). The van der Waals surface area contributed by atoms with E-state index < -0.39 is 11.7 Å². The topological polar surface area (TPSA) is 87.3 Å². The van der Waals surface area contributed by atoms with Crippen molar-refractivity contribution in [2.75, 3.05) is 5.32 Å². The Morgan fingerprint density at radius 3 is 2.82 bits per heavy atom. The number of thiophene rings is 1. The molecule has 0 atom stereocenters. The lowest BCUT2D eigenvalue weighted by molar-refractivity contribution is -0.112. The molecule has 1 amide bonds. The predicted octanol–water partition coefficient (Wildman–Crippen LogP) is 4.05. The van der Waals surface area contributed by atoms with E-state index in [4.69, 9.17) is 5.26 Å². The number of aromatic nitrogens is 2. The van der Waals surface area contributed by atoms with E-state index in [1.807, 2.05) is 41.8 Å². The summed E-state index contributed by atoms with van der Waals surface area (Å²) in [5.41, 5.74) is 2.70. The molecule has 0 radical (unpaired) electrons. The molecule has 0 aliphatic heterocycles. The van der Waals surface area contributed by atoms with E-state index >= 15 is 0 Å². The summed E-state index contributed by atoms with van der Waals surface area (Å²) in [7, 11) is 0. The molecule has 1 N–H and O–H groups in total. The van der Waals surface area contributed by atoms with Gasteiger partial charge in [0, 0.05) is 23.2 Å². The zero-order valence-corrected chi connectivity index (χ0v) is 16.4. The Labute approximate surface area is 168 Å². The third-order valence-corrected chi connectivity index (χ3v) is 5.98. The molecular weight excluding hydrogens is 392 g/mol. The SMILES string of the molecule is Cc1cc(NC(=O)C(=O)c2cc(Cc3ccc(C#N)s3)n3ccccc23)sn1. The minimum Gasteiger partial charge on any atom is -0.320 e. The van der Waals surface area contributed by atoms with Crippen molar-refractivity contribution in [3.8, 4) is 6.07 Å². The number of Topliss-reactive ketones (excluding diaryl/α,β-unsaturated/α-hetero) is 1. The summed E-state index contributed by atoms with van der Waals surface area (Å²) in [5.74, 6) is -1.28. The molecule has 0 spiro atoms. The number of pyridine rings is 1. The van der Waals surface area contributed by atoms with E-state index in [1.165, 1.54) is 11.3 Å². The normalized spacial score (nSPS) is 10.7. The first-order valence-corrected chi connectivity index (χ1v) is 10.0. The Kier molecular flexibility index (Phi) is 4.77. The Morgan fingerprint density at radius 2 is 2.11 bits per heavy atom. The van der Waals surface area contributed by atoms with Crippen LogP contribution in [0.25, 0.3) is 5.52 Å². The highest BCUT2D eigenvalue weighted by Gasteiger charge is 2.22. The highest BCUT2D eigenvalue weighted by Crippen LogP contribution is 2.24. The second kappa shape index (κ2) is 7.38. The van der Waals surface area contributed by atoms with E-state index in [0.29, 0.717) is 27.4 Å². The van der Waals surface area contributed by atoms with Crippen LogP contribution in [0.2, 0.25) is 0 Å². The molecular formula is C20H14N4O2S2. The first-order valence-electron chi connectivity index (χ1n) is 8.42. The molecule has 28 heavy (non-hydrogen) atoms. The van der Waals surface area contributed by atoms with Crippen molar-refractivity contribution >= 4 is 45.1 Å². The van der Waals surface area contributed by atoms with Gasteiger partial charge >= 0.3 is 0 Å². The number of carbonyl (C=O) groups excluding carboxylic acids is 2. The lowest BCUT2D eigenvalue weighted by Crippen LogP contribution is -2.22. The molecule has 0 aliphatic rings. The molecule has 0 aliphatic carbocycles. The Hall–Kier alpha value is -3.28.